The van der Waals surface area contributed by atoms with Crippen molar-refractivity contribution in [3.63, 3.8) is 0 Å². The van der Waals surface area contributed by atoms with Crippen LogP contribution < -0.4 is 0 Å². The molecule has 9 heavy (non-hydrogen) atoms. The van der Waals surface area contributed by atoms with Crippen molar-refractivity contribution in [2.45, 2.75) is 6.43 Å². The van der Waals surface area contributed by atoms with Gasteiger partial charge in [0.1, 0.15) is 0 Å². The van der Waals surface area contributed by atoms with E-state index in [9.17, 15) is 8.78 Å². The molecule has 1 nitrogen and oxygen atoms in total. The Hall–Kier alpha value is 0.110. The summed E-state index contributed by atoms with van der Waals surface area (Å²) in [6, 6.07) is 0. The minimum absolute atomic E-state index is 0.188. The van der Waals surface area contributed by atoms with Crippen LogP contribution in [0.5, 0.6) is 0 Å². The lowest BCUT2D eigenvalue weighted by Gasteiger charge is -2.12. The van der Waals surface area contributed by atoms with Gasteiger partial charge in [0, 0.05) is 12.4 Å². The molecule has 56 valence electrons. The number of rotatable bonds is 4. The molecule has 0 unspecified atom stereocenters. The maximum Gasteiger partial charge on any atom is 0.251 e. The van der Waals surface area contributed by atoms with Crippen molar-refractivity contribution < 1.29 is 8.78 Å². The standard InChI is InChI=1S/C5H10ClF2N/c1-9(3-2-6)4-5(7)8/h5H,2-4H2,1H3. The summed E-state index contributed by atoms with van der Waals surface area (Å²) in [5.41, 5.74) is 0. The van der Waals surface area contributed by atoms with Crippen LogP contribution >= 0.6 is 11.6 Å². The SMILES string of the molecule is CN(CCCl)CC(F)F. The summed E-state index contributed by atoms with van der Waals surface area (Å²) in [5, 5.41) is 0. The Morgan fingerprint density at radius 3 is 2.44 bits per heavy atom. The van der Waals surface area contributed by atoms with Gasteiger partial charge in [-0.25, -0.2) is 8.78 Å². The Bertz CT molecular complexity index is 70.0. The number of hydrogen-bond acceptors (Lipinski definition) is 1. The smallest absolute Gasteiger partial charge is 0.251 e. The fourth-order valence-corrected chi connectivity index (χ4v) is 0.760. The van der Waals surface area contributed by atoms with Crippen LogP contribution in [0.1, 0.15) is 0 Å². The second-order valence-corrected chi connectivity index (χ2v) is 2.22. The van der Waals surface area contributed by atoms with Crippen molar-refractivity contribution >= 4 is 11.6 Å². The quantitative estimate of drug-likeness (QED) is 0.558. The monoisotopic (exact) mass is 157 g/mol. The third-order valence-corrected chi connectivity index (χ3v) is 1.08. The molecule has 0 amide bonds. The zero-order valence-electron chi connectivity index (χ0n) is 5.28. The molecule has 0 bridgehead atoms. The van der Waals surface area contributed by atoms with Crippen molar-refractivity contribution in [1.29, 1.82) is 0 Å². The van der Waals surface area contributed by atoms with E-state index in [2.05, 4.69) is 0 Å². The Morgan fingerprint density at radius 1 is 1.56 bits per heavy atom. The molecule has 0 aromatic rings. The van der Waals surface area contributed by atoms with Gasteiger partial charge in [-0.15, -0.1) is 11.6 Å². The van der Waals surface area contributed by atoms with Gasteiger partial charge in [-0.3, -0.25) is 4.90 Å². The number of halogens is 3. The molecule has 0 spiro atoms. The Labute approximate surface area is 58.6 Å². The van der Waals surface area contributed by atoms with Gasteiger partial charge in [0.2, 0.25) is 0 Å². The van der Waals surface area contributed by atoms with Crippen molar-refractivity contribution in [1.82, 2.24) is 4.90 Å². The van der Waals surface area contributed by atoms with E-state index in [-0.39, 0.29) is 6.54 Å². The van der Waals surface area contributed by atoms with E-state index < -0.39 is 6.43 Å². The van der Waals surface area contributed by atoms with Crippen LogP contribution in [0.2, 0.25) is 0 Å². The van der Waals surface area contributed by atoms with Gasteiger partial charge in [-0.2, -0.15) is 0 Å². The predicted octanol–water partition coefficient (Wildman–Crippen LogP) is 1.42. The van der Waals surface area contributed by atoms with Gasteiger partial charge in [0.15, 0.2) is 0 Å². The lowest BCUT2D eigenvalue weighted by atomic mass is 10.5. The van der Waals surface area contributed by atoms with Crippen LogP contribution in [0.4, 0.5) is 8.78 Å². The molecule has 0 atom stereocenters. The summed E-state index contributed by atoms with van der Waals surface area (Å²) in [4.78, 5) is 1.50. The molecule has 0 aliphatic carbocycles. The molecule has 0 N–H and O–H groups in total. The molecular formula is C5H10ClF2N. The van der Waals surface area contributed by atoms with E-state index in [1.807, 2.05) is 0 Å². The van der Waals surface area contributed by atoms with E-state index in [0.29, 0.717) is 12.4 Å². The van der Waals surface area contributed by atoms with Crippen LogP contribution in [0.15, 0.2) is 0 Å². The fraction of sp³-hybridized carbons (Fsp3) is 1.00. The van der Waals surface area contributed by atoms with Gasteiger partial charge in [-0.1, -0.05) is 0 Å². The summed E-state index contributed by atoms with van der Waals surface area (Å²) in [7, 11) is 1.62. The average Bonchev–Trinajstić information content (AvgIpc) is 1.63. The molecule has 0 rings (SSSR count). The van der Waals surface area contributed by atoms with E-state index in [0.717, 1.165) is 0 Å². The Kier molecular flexibility index (Phi) is 5.00. The average molecular weight is 158 g/mol. The highest BCUT2D eigenvalue weighted by atomic mass is 35.5. The highest BCUT2D eigenvalue weighted by Gasteiger charge is 2.05. The van der Waals surface area contributed by atoms with Gasteiger partial charge >= 0.3 is 0 Å². The normalized spacial score (nSPS) is 11.3. The molecule has 0 saturated heterocycles. The van der Waals surface area contributed by atoms with Crippen molar-refractivity contribution in [2.24, 2.45) is 0 Å². The summed E-state index contributed by atoms with van der Waals surface area (Å²) < 4.78 is 23.0. The van der Waals surface area contributed by atoms with Crippen molar-refractivity contribution in [3.8, 4) is 0 Å². The number of nitrogens with zero attached hydrogens (tertiary/aromatic N) is 1. The van der Waals surface area contributed by atoms with E-state index in [1.54, 1.807) is 7.05 Å². The lowest BCUT2D eigenvalue weighted by Crippen LogP contribution is -2.26. The first-order chi connectivity index (χ1) is 4.16. The van der Waals surface area contributed by atoms with Crippen LogP contribution in [-0.2, 0) is 0 Å². The summed E-state index contributed by atoms with van der Waals surface area (Å²) in [6.07, 6.45) is -2.25. The van der Waals surface area contributed by atoms with Crippen LogP contribution in [-0.4, -0.2) is 37.3 Å². The minimum atomic E-state index is -2.25. The second kappa shape index (κ2) is 4.94. The third-order valence-electron chi connectivity index (χ3n) is 0.916. The van der Waals surface area contributed by atoms with Gasteiger partial charge in [0.05, 0.1) is 6.54 Å². The van der Waals surface area contributed by atoms with Crippen molar-refractivity contribution in [3.05, 3.63) is 0 Å². The Balaban J connectivity index is 3.15. The van der Waals surface area contributed by atoms with E-state index in [1.165, 1.54) is 4.90 Å². The fourth-order valence-electron chi connectivity index (χ4n) is 0.471. The molecule has 0 aromatic carbocycles. The summed E-state index contributed by atoms with van der Waals surface area (Å²) in [5.74, 6) is 0.406. The predicted molar refractivity (Wildman–Crippen MR) is 34.2 cm³/mol. The molecule has 0 aliphatic heterocycles. The molecule has 4 heteroatoms. The molecule has 0 aromatic heterocycles. The second-order valence-electron chi connectivity index (χ2n) is 1.84. The summed E-state index contributed by atoms with van der Waals surface area (Å²) in [6.45, 7) is 0.332. The molecule has 0 heterocycles. The van der Waals surface area contributed by atoms with Gasteiger partial charge in [-0.05, 0) is 7.05 Å². The maximum absolute atomic E-state index is 11.5. The van der Waals surface area contributed by atoms with E-state index in [4.69, 9.17) is 11.6 Å². The minimum Gasteiger partial charge on any atom is -0.300 e. The molecule has 0 aliphatic rings. The van der Waals surface area contributed by atoms with E-state index >= 15 is 0 Å². The highest BCUT2D eigenvalue weighted by molar-refractivity contribution is 6.18. The van der Waals surface area contributed by atoms with Crippen LogP contribution in [0.25, 0.3) is 0 Å². The van der Waals surface area contributed by atoms with Crippen LogP contribution in [0.3, 0.4) is 0 Å². The first-order valence-corrected chi connectivity index (χ1v) is 3.23. The molecule has 0 fully saturated rings. The zero-order valence-corrected chi connectivity index (χ0v) is 6.04. The molecule has 0 saturated carbocycles. The number of hydrogen-bond donors (Lipinski definition) is 0. The first-order valence-electron chi connectivity index (χ1n) is 2.69. The lowest BCUT2D eigenvalue weighted by molar-refractivity contribution is 0.103. The van der Waals surface area contributed by atoms with Crippen LogP contribution in [0, 0.1) is 0 Å². The third kappa shape index (κ3) is 5.99. The van der Waals surface area contributed by atoms with Gasteiger partial charge in [0.25, 0.3) is 6.43 Å². The summed E-state index contributed by atoms with van der Waals surface area (Å²) >= 11 is 5.29. The molecule has 0 radical (unpaired) electrons. The maximum atomic E-state index is 11.5. The number of alkyl halides is 3. The van der Waals surface area contributed by atoms with Crippen molar-refractivity contribution in [2.75, 3.05) is 26.0 Å². The zero-order chi connectivity index (χ0) is 7.28. The topological polar surface area (TPSA) is 3.24 Å². The first kappa shape index (κ1) is 9.11. The largest absolute Gasteiger partial charge is 0.300 e. The Morgan fingerprint density at radius 2 is 2.11 bits per heavy atom. The molecular weight excluding hydrogens is 148 g/mol. The van der Waals surface area contributed by atoms with Gasteiger partial charge < -0.3 is 0 Å². The highest BCUT2D eigenvalue weighted by Crippen LogP contribution is 1.94.